The second-order valence-corrected chi connectivity index (χ2v) is 10.0. The molecule has 1 fully saturated rings. The van der Waals surface area contributed by atoms with Gasteiger partial charge in [0.05, 0.1) is 29.6 Å². The molecule has 0 aromatic heterocycles. The van der Waals surface area contributed by atoms with E-state index in [2.05, 4.69) is 27.9 Å². The van der Waals surface area contributed by atoms with Gasteiger partial charge in [0.1, 0.15) is 0 Å². The fourth-order valence-electron chi connectivity index (χ4n) is 5.06. The van der Waals surface area contributed by atoms with Gasteiger partial charge in [-0.3, -0.25) is 9.59 Å². The number of ether oxygens (including phenoxy) is 1. The van der Waals surface area contributed by atoms with Crippen molar-refractivity contribution in [3.63, 3.8) is 0 Å². The fraction of sp³-hybridized carbons (Fsp3) is 0.258. The second-order valence-electron chi connectivity index (χ2n) is 10.0. The Kier molecular flexibility index (Phi) is 7.47. The van der Waals surface area contributed by atoms with E-state index < -0.39 is 5.97 Å². The molecule has 1 saturated heterocycles. The maximum Gasteiger partial charge on any atom is 0.338 e. The van der Waals surface area contributed by atoms with E-state index in [1.165, 1.54) is 7.11 Å². The fourth-order valence-corrected chi connectivity index (χ4v) is 5.06. The number of benzene rings is 3. The lowest BCUT2D eigenvalue weighted by atomic mass is 9.96. The van der Waals surface area contributed by atoms with Crippen molar-refractivity contribution in [2.75, 3.05) is 37.9 Å². The number of amides is 2. The summed E-state index contributed by atoms with van der Waals surface area (Å²) in [4.78, 5) is 40.6. The molecule has 5 rings (SSSR count). The Labute approximate surface area is 228 Å². The lowest BCUT2D eigenvalue weighted by molar-refractivity contribution is -0.110. The molecule has 39 heavy (non-hydrogen) atoms. The number of nitrogens with zero attached hydrogens (tertiary/aromatic N) is 1. The number of piperidine rings is 1. The van der Waals surface area contributed by atoms with Gasteiger partial charge in [-0.2, -0.15) is 0 Å². The van der Waals surface area contributed by atoms with E-state index in [-0.39, 0.29) is 17.9 Å². The van der Waals surface area contributed by atoms with E-state index in [0.717, 1.165) is 37.2 Å². The summed E-state index contributed by atoms with van der Waals surface area (Å²) in [6, 6.07) is 20.5. The van der Waals surface area contributed by atoms with Crippen LogP contribution >= 0.6 is 0 Å². The number of hydrogen-bond acceptors (Lipinski definition) is 6. The van der Waals surface area contributed by atoms with Gasteiger partial charge in [-0.05, 0) is 87.4 Å². The van der Waals surface area contributed by atoms with E-state index in [1.807, 2.05) is 55.5 Å². The summed E-state index contributed by atoms with van der Waals surface area (Å²) >= 11 is 0. The molecule has 0 spiro atoms. The monoisotopic (exact) mass is 524 g/mol. The highest BCUT2D eigenvalue weighted by Gasteiger charge is 2.30. The van der Waals surface area contributed by atoms with Crippen LogP contribution in [-0.4, -0.2) is 56.0 Å². The Morgan fingerprint density at radius 2 is 1.67 bits per heavy atom. The summed E-state index contributed by atoms with van der Waals surface area (Å²) in [6.07, 6.45) is 1.89. The molecule has 200 valence electrons. The number of carbonyl (C=O) groups is 3. The summed E-state index contributed by atoms with van der Waals surface area (Å²) in [5, 5.41) is 9.46. The van der Waals surface area contributed by atoms with E-state index in [4.69, 9.17) is 4.74 Å². The highest BCUT2D eigenvalue weighted by molar-refractivity contribution is 6.37. The first-order valence-corrected chi connectivity index (χ1v) is 13.0. The van der Waals surface area contributed by atoms with Crippen LogP contribution in [0.25, 0.3) is 11.3 Å². The molecular formula is C31H32N4O4. The van der Waals surface area contributed by atoms with Gasteiger partial charge in [0.15, 0.2) is 0 Å². The molecule has 0 unspecified atom stereocenters. The van der Waals surface area contributed by atoms with Crippen LogP contribution < -0.4 is 16.0 Å². The maximum absolute atomic E-state index is 13.3. The van der Waals surface area contributed by atoms with Crippen molar-refractivity contribution >= 4 is 40.4 Å². The van der Waals surface area contributed by atoms with Crippen LogP contribution in [-0.2, 0) is 9.53 Å². The molecule has 8 nitrogen and oxygen atoms in total. The zero-order valence-corrected chi connectivity index (χ0v) is 22.3. The number of aryl methyl sites for hydroxylation is 1. The largest absolute Gasteiger partial charge is 0.465 e. The van der Waals surface area contributed by atoms with Gasteiger partial charge >= 0.3 is 5.97 Å². The number of hydrogen-bond donors (Lipinski definition) is 3. The lowest BCUT2D eigenvalue weighted by Gasteiger charge is -2.29. The molecule has 2 aliphatic rings. The minimum Gasteiger partial charge on any atom is -0.465 e. The Morgan fingerprint density at radius 1 is 0.974 bits per heavy atom. The van der Waals surface area contributed by atoms with Gasteiger partial charge < -0.3 is 25.6 Å². The zero-order valence-electron chi connectivity index (χ0n) is 22.3. The molecule has 3 N–H and O–H groups in total. The molecule has 8 heteroatoms. The van der Waals surface area contributed by atoms with Crippen molar-refractivity contribution in [1.29, 1.82) is 0 Å². The van der Waals surface area contributed by atoms with Crippen molar-refractivity contribution in [3.8, 4) is 0 Å². The average molecular weight is 525 g/mol. The zero-order chi connectivity index (χ0) is 27.5. The Morgan fingerprint density at radius 3 is 2.33 bits per heavy atom. The average Bonchev–Trinajstić information content (AvgIpc) is 3.27. The molecule has 3 aromatic rings. The molecule has 0 bridgehead atoms. The predicted octanol–water partition coefficient (Wildman–Crippen LogP) is 4.54. The van der Waals surface area contributed by atoms with Crippen molar-refractivity contribution in [2.24, 2.45) is 0 Å². The SMILES string of the molecule is COC(=O)c1cc2c(cc1C)/C(=C(/Nc1ccc(C(=O)NC3CCN(C)CC3)cc1)c1ccccc1)C(=O)N2. The number of esters is 1. The number of nitrogens with one attached hydrogen (secondary N) is 3. The summed E-state index contributed by atoms with van der Waals surface area (Å²) in [5.74, 6) is -0.811. The summed E-state index contributed by atoms with van der Waals surface area (Å²) < 4.78 is 4.89. The van der Waals surface area contributed by atoms with Gasteiger partial charge in [0.25, 0.3) is 11.8 Å². The van der Waals surface area contributed by atoms with Gasteiger partial charge in [-0.25, -0.2) is 4.79 Å². The Bertz CT molecular complexity index is 1440. The molecule has 0 radical (unpaired) electrons. The van der Waals surface area contributed by atoms with E-state index >= 15 is 0 Å². The van der Waals surface area contributed by atoms with Crippen LogP contribution in [0.1, 0.15) is 50.2 Å². The predicted molar refractivity (Wildman–Crippen MR) is 152 cm³/mol. The van der Waals surface area contributed by atoms with Gasteiger partial charge in [0.2, 0.25) is 0 Å². The first kappa shape index (κ1) is 26.2. The van der Waals surface area contributed by atoms with Crippen molar-refractivity contribution in [1.82, 2.24) is 10.2 Å². The number of anilines is 2. The number of carbonyl (C=O) groups excluding carboxylic acids is 3. The summed E-state index contributed by atoms with van der Waals surface area (Å²) in [5.41, 5.74) is 5.62. The van der Waals surface area contributed by atoms with E-state index in [1.54, 1.807) is 18.2 Å². The molecule has 0 aliphatic carbocycles. The number of rotatable bonds is 6. The number of methoxy groups -OCH3 is 1. The molecular weight excluding hydrogens is 492 g/mol. The smallest absolute Gasteiger partial charge is 0.338 e. The highest BCUT2D eigenvalue weighted by Crippen LogP contribution is 2.39. The third kappa shape index (κ3) is 5.56. The standard InChI is InChI=1S/C31H32N4O4/c1-19-17-25-26(18-24(19)31(38)39-3)34-30(37)27(25)28(20-7-5-4-6-8-20)32-22-11-9-21(10-12-22)29(36)33-23-13-15-35(2)16-14-23/h4-12,17-18,23,32H,13-16H2,1-3H3,(H,33,36)(H,34,37)/b28-27-. The highest BCUT2D eigenvalue weighted by atomic mass is 16.5. The van der Waals surface area contributed by atoms with Crippen LogP contribution in [0.3, 0.4) is 0 Å². The number of fused-ring (bicyclic) bond motifs is 1. The quantitative estimate of drug-likeness (QED) is 0.324. The van der Waals surface area contributed by atoms with E-state index in [0.29, 0.717) is 39.2 Å². The van der Waals surface area contributed by atoms with Crippen LogP contribution in [0, 0.1) is 6.92 Å². The van der Waals surface area contributed by atoms with Gasteiger partial charge in [-0.15, -0.1) is 0 Å². The Balaban J connectivity index is 1.45. The minimum atomic E-state index is -0.455. The molecule has 2 heterocycles. The first-order chi connectivity index (χ1) is 18.8. The van der Waals surface area contributed by atoms with Crippen molar-refractivity contribution in [3.05, 3.63) is 94.5 Å². The third-order valence-electron chi connectivity index (χ3n) is 7.30. The van der Waals surface area contributed by atoms with Crippen LogP contribution in [0.2, 0.25) is 0 Å². The topological polar surface area (TPSA) is 99.8 Å². The normalized spacial score (nSPS) is 16.7. The molecule has 0 atom stereocenters. The molecule has 3 aromatic carbocycles. The molecule has 2 aliphatic heterocycles. The second kappa shape index (κ2) is 11.1. The maximum atomic E-state index is 13.3. The van der Waals surface area contributed by atoms with Crippen molar-refractivity contribution < 1.29 is 19.1 Å². The molecule has 2 amide bonds. The van der Waals surface area contributed by atoms with E-state index in [9.17, 15) is 14.4 Å². The van der Waals surface area contributed by atoms with Gasteiger partial charge in [-0.1, -0.05) is 30.3 Å². The third-order valence-corrected chi connectivity index (χ3v) is 7.30. The number of likely N-dealkylation sites (tertiary alicyclic amines) is 1. The van der Waals surface area contributed by atoms with Crippen LogP contribution in [0.4, 0.5) is 11.4 Å². The summed E-state index contributed by atoms with van der Waals surface area (Å²) in [6.45, 7) is 3.77. The van der Waals surface area contributed by atoms with Gasteiger partial charge in [0, 0.05) is 22.9 Å². The van der Waals surface area contributed by atoms with Crippen LogP contribution in [0.15, 0.2) is 66.7 Å². The molecule has 0 saturated carbocycles. The minimum absolute atomic E-state index is 0.0845. The Hall–Kier alpha value is -4.43. The first-order valence-electron chi connectivity index (χ1n) is 13.0. The lowest BCUT2D eigenvalue weighted by Crippen LogP contribution is -2.43. The van der Waals surface area contributed by atoms with Crippen molar-refractivity contribution in [2.45, 2.75) is 25.8 Å². The van der Waals surface area contributed by atoms with Crippen LogP contribution in [0.5, 0.6) is 0 Å². The summed E-state index contributed by atoms with van der Waals surface area (Å²) in [7, 11) is 3.43.